The van der Waals surface area contributed by atoms with Gasteiger partial charge in [0, 0.05) is 11.2 Å². The van der Waals surface area contributed by atoms with Crippen molar-refractivity contribution in [1.82, 2.24) is 0 Å². The molecule has 4 heteroatoms. The SMILES string of the molecule is C=CCOc1ccc(C=Nc2cccc(Cl)c2C)cc1OCC. The van der Waals surface area contributed by atoms with Crippen molar-refractivity contribution in [2.24, 2.45) is 4.99 Å². The first-order chi connectivity index (χ1) is 11.2. The first kappa shape index (κ1) is 17.1. The Morgan fingerprint density at radius 3 is 2.74 bits per heavy atom. The van der Waals surface area contributed by atoms with E-state index in [0.29, 0.717) is 29.7 Å². The van der Waals surface area contributed by atoms with Gasteiger partial charge in [-0.25, -0.2) is 0 Å². The van der Waals surface area contributed by atoms with Crippen LogP contribution in [0.3, 0.4) is 0 Å². The van der Waals surface area contributed by atoms with Crippen LogP contribution in [0.25, 0.3) is 0 Å². The number of benzene rings is 2. The predicted molar refractivity (Wildman–Crippen MR) is 96.7 cm³/mol. The maximum absolute atomic E-state index is 6.11. The van der Waals surface area contributed by atoms with E-state index in [4.69, 9.17) is 21.1 Å². The van der Waals surface area contributed by atoms with Gasteiger partial charge in [0.25, 0.3) is 0 Å². The highest BCUT2D eigenvalue weighted by Gasteiger charge is 2.06. The fourth-order valence-corrected chi connectivity index (χ4v) is 2.19. The summed E-state index contributed by atoms with van der Waals surface area (Å²) in [6.45, 7) is 8.55. The van der Waals surface area contributed by atoms with Gasteiger partial charge in [-0.3, -0.25) is 4.99 Å². The molecule has 0 bridgehead atoms. The molecular weight excluding hydrogens is 310 g/mol. The zero-order valence-electron chi connectivity index (χ0n) is 13.4. The Bertz CT molecular complexity index is 711. The van der Waals surface area contributed by atoms with Crippen LogP contribution < -0.4 is 9.47 Å². The van der Waals surface area contributed by atoms with Gasteiger partial charge in [0.1, 0.15) is 6.61 Å². The molecule has 120 valence electrons. The van der Waals surface area contributed by atoms with E-state index in [0.717, 1.165) is 16.8 Å². The lowest BCUT2D eigenvalue weighted by Gasteiger charge is -2.11. The largest absolute Gasteiger partial charge is 0.490 e. The fourth-order valence-electron chi connectivity index (χ4n) is 2.02. The predicted octanol–water partition coefficient (Wildman–Crippen LogP) is 5.36. The molecule has 0 fully saturated rings. The first-order valence-electron chi connectivity index (χ1n) is 7.45. The van der Waals surface area contributed by atoms with Gasteiger partial charge in [-0.05, 0) is 55.3 Å². The van der Waals surface area contributed by atoms with Crippen LogP contribution in [-0.2, 0) is 0 Å². The number of hydrogen-bond acceptors (Lipinski definition) is 3. The lowest BCUT2D eigenvalue weighted by Crippen LogP contribution is -1.99. The Morgan fingerprint density at radius 1 is 1.17 bits per heavy atom. The van der Waals surface area contributed by atoms with Gasteiger partial charge in [0.2, 0.25) is 0 Å². The third-order valence-corrected chi connectivity index (χ3v) is 3.63. The molecule has 2 rings (SSSR count). The van der Waals surface area contributed by atoms with Gasteiger partial charge in [-0.15, -0.1) is 0 Å². The topological polar surface area (TPSA) is 30.8 Å². The summed E-state index contributed by atoms with van der Waals surface area (Å²) in [5.74, 6) is 1.39. The van der Waals surface area contributed by atoms with E-state index in [-0.39, 0.29) is 0 Å². The summed E-state index contributed by atoms with van der Waals surface area (Å²) >= 11 is 6.11. The maximum atomic E-state index is 6.11. The summed E-state index contributed by atoms with van der Waals surface area (Å²) in [6, 6.07) is 11.4. The van der Waals surface area contributed by atoms with Crippen molar-refractivity contribution < 1.29 is 9.47 Å². The molecule has 0 atom stereocenters. The minimum absolute atomic E-state index is 0.440. The lowest BCUT2D eigenvalue weighted by atomic mass is 10.2. The van der Waals surface area contributed by atoms with Crippen molar-refractivity contribution in [1.29, 1.82) is 0 Å². The normalized spacial score (nSPS) is 10.7. The Kier molecular flexibility index (Phi) is 6.24. The highest BCUT2D eigenvalue weighted by Crippen LogP contribution is 2.29. The van der Waals surface area contributed by atoms with Crippen LogP contribution in [0.5, 0.6) is 11.5 Å². The van der Waals surface area contributed by atoms with Crippen molar-refractivity contribution in [2.45, 2.75) is 13.8 Å². The Morgan fingerprint density at radius 2 is 2.00 bits per heavy atom. The number of aliphatic imine (C=N–C) groups is 1. The molecule has 0 amide bonds. The molecular formula is C19H20ClNO2. The molecule has 0 aliphatic rings. The summed E-state index contributed by atoms with van der Waals surface area (Å²) in [5, 5.41) is 0.711. The van der Waals surface area contributed by atoms with E-state index in [1.54, 1.807) is 12.3 Å². The number of nitrogens with zero attached hydrogens (tertiary/aromatic N) is 1. The molecule has 23 heavy (non-hydrogen) atoms. The minimum atomic E-state index is 0.440. The number of rotatable bonds is 7. The Labute approximate surface area is 142 Å². The summed E-state index contributed by atoms with van der Waals surface area (Å²) < 4.78 is 11.2. The van der Waals surface area contributed by atoms with E-state index < -0.39 is 0 Å². The van der Waals surface area contributed by atoms with E-state index in [1.165, 1.54) is 0 Å². The van der Waals surface area contributed by atoms with Gasteiger partial charge in [-0.1, -0.05) is 30.3 Å². The van der Waals surface area contributed by atoms with E-state index in [2.05, 4.69) is 11.6 Å². The molecule has 0 saturated carbocycles. The average Bonchev–Trinajstić information content (AvgIpc) is 2.55. The molecule has 0 radical (unpaired) electrons. The van der Waals surface area contributed by atoms with Gasteiger partial charge in [-0.2, -0.15) is 0 Å². The highest BCUT2D eigenvalue weighted by atomic mass is 35.5. The third kappa shape index (κ3) is 4.60. The van der Waals surface area contributed by atoms with Crippen molar-refractivity contribution in [3.8, 4) is 11.5 Å². The average molecular weight is 330 g/mol. The quantitative estimate of drug-likeness (QED) is 0.505. The molecule has 2 aromatic carbocycles. The van der Waals surface area contributed by atoms with Crippen LogP contribution in [0.4, 0.5) is 5.69 Å². The van der Waals surface area contributed by atoms with Crippen LogP contribution in [0.2, 0.25) is 5.02 Å². The zero-order chi connectivity index (χ0) is 16.7. The molecule has 0 spiro atoms. The van der Waals surface area contributed by atoms with E-state index in [1.807, 2.05) is 50.2 Å². The van der Waals surface area contributed by atoms with E-state index in [9.17, 15) is 0 Å². The molecule has 0 saturated heterocycles. The summed E-state index contributed by atoms with van der Waals surface area (Å²) in [5.41, 5.74) is 2.74. The minimum Gasteiger partial charge on any atom is -0.490 e. The van der Waals surface area contributed by atoms with Crippen LogP contribution in [0.1, 0.15) is 18.1 Å². The first-order valence-corrected chi connectivity index (χ1v) is 7.83. The lowest BCUT2D eigenvalue weighted by molar-refractivity contribution is 0.297. The highest BCUT2D eigenvalue weighted by molar-refractivity contribution is 6.31. The second-order valence-electron chi connectivity index (χ2n) is 4.88. The standard InChI is InChI=1S/C19H20ClNO2/c1-4-11-23-18-10-9-15(12-19(18)22-5-2)13-21-17-8-6-7-16(20)14(17)3/h4,6-10,12-13H,1,5,11H2,2-3H3. The van der Waals surface area contributed by atoms with Crippen molar-refractivity contribution >= 4 is 23.5 Å². The molecule has 0 N–H and O–H groups in total. The smallest absolute Gasteiger partial charge is 0.161 e. The monoisotopic (exact) mass is 329 g/mol. The second-order valence-corrected chi connectivity index (χ2v) is 5.29. The summed E-state index contributed by atoms with van der Waals surface area (Å²) in [6.07, 6.45) is 3.49. The summed E-state index contributed by atoms with van der Waals surface area (Å²) in [4.78, 5) is 4.51. The van der Waals surface area contributed by atoms with Gasteiger partial charge in [0.05, 0.1) is 12.3 Å². The van der Waals surface area contributed by atoms with E-state index >= 15 is 0 Å². The van der Waals surface area contributed by atoms with Crippen LogP contribution >= 0.6 is 11.6 Å². The zero-order valence-corrected chi connectivity index (χ0v) is 14.1. The molecule has 0 aromatic heterocycles. The number of hydrogen-bond donors (Lipinski definition) is 0. The van der Waals surface area contributed by atoms with Gasteiger partial charge in [0.15, 0.2) is 11.5 Å². The molecule has 0 aliphatic heterocycles. The van der Waals surface area contributed by atoms with Gasteiger partial charge < -0.3 is 9.47 Å². The molecule has 0 unspecified atom stereocenters. The van der Waals surface area contributed by atoms with Gasteiger partial charge >= 0.3 is 0 Å². The van der Waals surface area contributed by atoms with Crippen LogP contribution in [0, 0.1) is 6.92 Å². The number of halogens is 1. The molecule has 0 heterocycles. The fraction of sp³-hybridized carbons (Fsp3) is 0.211. The Balaban J connectivity index is 2.25. The molecule has 2 aromatic rings. The third-order valence-electron chi connectivity index (χ3n) is 3.22. The van der Waals surface area contributed by atoms with Crippen LogP contribution in [-0.4, -0.2) is 19.4 Å². The number of ether oxygens (including phenoxy) is 2. The van der Waals surface area contributed by atoms with Crippen molar-refractivity contribution in [3.05, 3.63) is 65.2 Å². The maximum Gasteiger partial charge on any atom is 0.161 e. The molecule has 0 aliphatic carbocycles. The second kappa shape index (κ2) is 8.39. The Hall–Kier alpha value is -2.26. The summed E-state index contributed by atoms with van der Waals surface area (Å²) in [7, 11) is 0. The molecule has 3 nitrogen and oxygen atoms in total. The van der Waals surface area contributed by atoms with Crippen LogP contribution in [0.15, 0.2) is 54.0 Å². The van der Waals surface area contributed by atoms with Crippen molar-refractivity contribution in [3.63, 3.8) is 0 Å². The van der Waals surface area contributed by atoms with Crippen molar-refractivity contribution in [2.75, 3.05) is 13.2 Å².